The van der Waals surface area contributed by atoms with E-state index in [1.165, 1.54) is 0 Å². The van der Waals surface area contributed by atoms with Gasteiger partial charge in [-0.25, -0.2) is 13.1 Å². The van der Waals surface area contributed by atoms with Crippen LogP contribution < -0.4 is 0 Å². The third-order valence-corrected chi connectivity index (χ3v) is 6.20. The maximum atomic E-state index is 11.7. The Morgan fingerprint density at radius 3 is 2.35 bits per heavy atom. The van der Waals surface area contributed by atoms with Gasteiger partial charge in [-0.05, 0) is 24.3 Å². The summed E-state index contributed by atoms with van der Waals surface area (Å²) in [7, 11) is -2.88. The van der Waals surface area contributed by atoms with Gasteiger partial charge in [-0.15, -0.1) is 0 Å². The van der Waals surface area contributed by atoms with E-state index in [9.17, 15) is 8.42 Å². The van der Waals surface area contributed by atoms with E-state index in [1.807, 2.05) is 53.3 Å². The molecule has 0 bridgehead atoms. The first-order chi connectivity index (χ1) is 12.6. The smallest absolute Gasteiger partial charge is 0.152 e. The van der Waals surface area contributed by atoms with Crippen molar-refractivity contribution in [2.24, 2.45) is 0 Å². The molecule has 0 N–H and O–H groups in total. The molecular formula is C19H20N4O2S. The van der Waals surface area contributed by atoms with E-state index >= 15 is 0 Å². The van der Waals surface area contributed by atoms with Crippen LogP contribution in [0.1, 0.15) is 5.56 Å². The van der Waals surface area contributed by atoms with Crippen LogP contribution in [-0.2, 0) is 16.4 Å². The summed E-state index contributed by atoms with van der Waals surface area (Å²) < 4.78 is 25.2. The van der Waals surface area contributed by atoms with Crippen molar-refractivity contribution in [1.29, 1.82) is 0 Å². The van der Waals surface area contributed by atoms with E-state index in [2.05, 4.69) is 9.88 Å². The summed E-state index contributed by atoms with van der Waals surface area (Å²) in [6.07, 6.45) is 5.55. The van der Waals surface area contributed by atoms with Crippen LogP contribution in [0.4, 0.5) is 0 Å². The van der Waals surface area contributed by atoms with Crippen LogP contribution in [0.2, 0.25) is 0 Å². The molecule has 1 aliphatic rings. The van der Waals surface area contributed by atoms with Gasteiger partial charge in [0.25, 0.3) is 0 Å². The molecule has 0 radical (unpaired) electrons. The number of para-hydroxylation sites is 1. The minimum Gasteiger partial charge on any atom is -0.297 e. The predicted octanol–water partition coefficient (Wildman–Crippen LogP) is 2.16. The first-order valence-corrected chi connectivity index (χ1v) is 10.4. The predicted molar refractivity (Wildman–Crippen MR) is 101 cm³/mol. The third-order valence-electron chi connectivity index (χ3n) is 4.60. The second-order valence-corrected chi connectivity index (χ2v) is 8.75. The highest BCUT2D eigenvalue weighted by molar-refractivity contribution is 7.91. The zero-order chi connectivity index (χ0) is 18.0. The summed E-state index contributed by atoms with van der Waals surface area (Å²) in [4.78, 5) is 6.26. The number of hydrogen-bond acceptors (Lipinski definition) is 5. The maximum absolute atomic E-state index is 11.7. The Labute approximate surface area is 153 Å². The molecule has 0 amide bonds. The Hall–Kier alpha value is -2.51. The van der Waals surface area contributed by atoms with Gasteiger partial charge in [0, 0.05) is 49.4 Å². The van der Waals surface area contributed by atoms with Crippen LogP contribution in [0.25, 0.3) is 16.9 Å². The van der Waals surface area contributed by atoms with Gasteiger partial charge in [0.05, 0.1) is 22.9 Å². The molecule has 0 aliphatic carbocycles. The number of benzene rings is 1. The van der Waals surface area contributed by atoms with Crippen molar-refractivity contribution in [3.63, 3.8) is 0 Å². The largest absolute Gasteiger partial charge is 0.297 e. The second kappa shape index (κ2) is 7.01. The number of hydrogen-bond donors (Lipinski definition) is 0. The molecule has 1 fully saturated rings. The van der Waals surface area contributed by atoms with Gasteiger partial charge in [0.15, 0.2) is 9.84 Å². The molecule has 7 heteroatoms. The minimum absolute atomic E-state index is 0.227. The molecule has 26 heavy (non-hydrogen) atoms. The average molecular weight is 368 g/mol. The molecule has 1 aliphatic heterocycles. The number of rotatable bonds is 4. The van der Waals surface area contributed by atoms with Crippen LogP contribution in [0.5, 0.6) is 0 Å². The number of nitrogens with zero attached hydrogens (tertiary/aromatic N) is 4. The van der Waals surface area contributed by atoms with Gasteiger partial charge >= 0.3 is 0 Å². The molecule has 6 nitrogen and oxygen atoms in total. The lowest BCUT2D eigenvalue weighted by molar-refractivity contribution is 0.288. The molecule has 4 rings (SSSR count). The average Bonchev–Trinajstić information content (AvgIpc) is 3.09. The zero-order valence-corrected chi connectivity index (χ0v) is 15.1. The standard InChI is InChI=1S/C19H20N4O2S/c24-26(25)12-10-22(11-13-26)14-17-15-23(18-4-2-1-3-5-18)21-19(17)16-6-8-20-9-7-16/h1-9,15H,10-14H2. The summed E-state index contributed by atoms with van der Waals surface area (Å²) in [6.45, 7) is 1.81. The Bertz CT molecular complexity index is 971. The Morgan fingerprint density at radius 2 is 1.65 bits per heavy atom. The van der Waals surface area contributed by atoms with Gasteiger partial charge in [0.1, 0.15) is 0 Å². The van der Waals surface area contributed by atoms with Crippen LogP contribution in [0.15, 0.2) is 61.1 Å². The Morgan fingerprint density at radius 1 is 0.962 bits per heavy atom. The van der Waals surface area contributed by atoms with Crippen LogP contribution in [0.3, 0.4) is 0 Å². The number of aromatic nitrogens is 3. The van der Waals surface area contributed by atoms with Crippen molar-refractivity contribution in [3.8, 4) is 16.9 Å². The van der Waals surface area contributed by atoms with Crippen molar-refractivity contribution in [3.05, 3.63) is 66.6 Å². The highest BCUT2D eigenvalue weighted by Crippen LogP contribution is 2.25. The fraction of sp³-hybridized carbons (Fsp3) is 0.263. The lowest BCUT2D eigenvalue weighted by Gasteiger charge is -2.26. The Kier molecular flexibility index (Phi) is 4.57. The van der Waals surface area contributed by atoms with Crippen LogP contribution in [0, 0.1) is 0 Å². The first-order valence-electron chi connectivity index (χ1n) is 8.58. The number of pyridine rings is 1. The maximum Gasteiger partial charge on any atom is 0.152 e. The number of sulfone groups is 1. The summed E-state index contributed by atoms with van der Waals surface area (Å²) >= 11 is 0. The molecule has 0 saturated carbocycles. The van der Waals surface area contributed by atoms with Gasteiger partial charge < -0.3 is 0 Å². The molecule has 0 unspecified atom stereocenters. The van der Waals surface area contributed by atoms with Crippen LogP contribution >= 0.6 is 0 Å². The Balaban J connectivity index is 1.67. The highest BCUT2D eigenvalue weighted by atomic mass is 32.2. The van der Waals surface area contributed by atoms with E-state index in [1.54, 1.807) is 12.4 Å². The topological polar surface area (TPSA) is 68.1 Å². The first kappa shape index (κ1) is 16.9. The third kappa shape index (κ3) is 3.68. The summed E-state index contributed by atoms with van der Waals surface area (Å²) in [6, 6.07) is 13.9. The molecule has 2 aromatic heterocycles. The molecule has 3 heterocycles. The lowest BCUT2D eigenvalue weighted by Crippen LogP contribution is -2.39. The molecule has 1 saturated heterocycles. The molecule has 0 spiro atoms. The second-order valence-electron chi connectivity index (χ2n) is 6.45. The van der Waals surface area contributed by atoms with Crippen LogP contribution in [-0.4, -0.2) is 52.7 Å². The molecule has 0 atom stereocenters. The summed E-state index contributed by atoms with van der Waals surface area (Å²) in [5.74, 6) is 0.453. The van der Waals surface area contributed by atoms with Gasteiger partial charge in [-0.3, -0.25) is 9.88 Å². The lowest BCUT2D eigenvalue weighted by atomic mass is 10.1. The molecule has 1 aromatic carbocycles. The van der Waals surface area contributed by atoms with E-state index in [4.69, 9.17) is 5.10 Å². The van der Waals surface area contributed by atoms with Gasteiger partial charge in [-0.1, -0.05) is 18.2 Å². The monoisotopic (exact) mass is 368 g/mol. The van der Waals surface area contributed by atoms with Crippen molar-refractivity contribution in [2.45, 2.75) is 6.54 Å². The molecular weight excluding hydrogens is 348 g/mol. The van der Waals surface area contributed by atoms with E-state index in [0.29, 0.717) is 19.6 Å². The SMILES string of the molecule is O=S1(=O)CCN(Cc2cn(-c3ccccc3)nc2-c2ccncc2)CC1. The van der Waals surface area contributed by atoms with Crippen molar-refractivity contribution in [1.82, 2.24) is 19.7 Å². The van der Waals surface area contributed by atoms with Crippen molar-refractivity contribution < 1.29 is 8.42 Å². The summed E-state index contributed by atoms with van der Waals surface area (Å²) in [5, 5.41) is 4.79. The zero-order valence-electron chi connectivity index (χ0n) is 14.3. The van der Waals surface area contributed by atoms with E-state index in [0.717, 1.165) is 22.5 Å². The fourth-order valence-corrected chi connectivity index (χ4v) is 4.42. The fourth-order valence-electron chi connectivity index (χ4n) is 3.14. The van der Waals surface area contributed by atoms with E-state index < -0.39 is 9.84 Å². The normalized spacial score (nSPS) is 17.2. The molecule has 3 aromatic rings. The molecule has 134 valence electrons. The summed E-state index contributed by atoms with van der Waals surface area (Å²) in [5.41, 5.74) is 3.99. The van der Waals surface area contributed by atoms with Crippen molar-refractivity contribution in [2.75, 3.05) is 24.6 Å². The van der Waals surface area contributed by atoms with E-state index in [-0.39, 0.29) is 11.5 Å². The van der Waals surface area contributed by atoms with Gasteiger partial charge in [0.2, 0.25) is 0 Å². The minimum atomic E-state index is -2.88. The van der Waals surface area contributed by atoms with Crippen molar-refractivity contribution >= 4 is 9.84 Å². The quantitative estimate of drug-likeness (QED) is 0.706. The van der Waals surface area contributed by atoms with Gasteiger partial charge in [-0.2, -0.15) is 5.10 Å². The highest BCUT2D eigenvalue weighted by Gasteiger charge is 2.23.